The van der Waals surface area contributed by atoms with Gasteiger partial charge in [0.25, 0.3) is 0 Å². The van der Waals surface area contributed by atoms with Crippen LogP contribution in [-0.4, -0.2) is 36.9 Å². The first-order valence-electron chi connectivity index (χ1n) is 8.37. The largest absolute Gasteiger partial charge is 0.324 e. The topological polar surface area (TPSA) is 61.4 Å². The third-order valence-corrected chi connectivity index (χ3v) is 3.92. The van der Waals surface area contributed by atoms with Crippen LogP contribution < -0.4 is 10.6 Å². The molecule has 0 bridgehead atoms. The Kier molecular flexibility index (Phi) is 6.46. The van der Waals surface area contributed by atoms with E-state index in [9.17, 15) is 14.0 Å². The summed E-state index contributed by atoms with van der Waals surface area (Å²) in [5, 5.41) is 5.40. The molecule has 0 unspecified atom stereocenters. The Balaban J connectivity index is 1.89. The van der Waals surface area contributed by atoms with Crippen LogP contribution in [-0.2, 0) is 9.59 Å². The lowest BCUT2D eigenvalue weighted by Gasteiger charge is -2.18. The maximum absolute atomic E-state index is 13.6. The smallest absolute Gasteiger partial charge is 0.238 e. The number of hydrogen-bond acceptors (Lipinski definition) is 3. The van der Waals surface area contributed by atoms with Crippen LogP contribution in [0, 0.1) is 26.6 Å². The number of likely N-dealkylation sites (N-methyl/N-ethyl adjacent to an activating group) is 1. The van der Waals surface area contributed by atoms with Crippen LogP contribution in [0.25, 0.3) is 0 Å². The molecule has 0 saturated heterocycles. The van der Waals surface area contributed by atoms with Crippen LogP contribution in [0.5, 0.6) is 0 Å². The second kappa shape index (κ2) is 8.58. The molecule has 138 valence electrons. The van der Waals surface area contributed by atoms with Gasteiger partial charge in [0.2, 0.25) is 11.8 Å². The fourth-order valence-electron chi connectivity index (χ4n) is 2.85. The number of halogens is 1. The highest BCUT2D eigenvalue weighted by atomic mass is 19.1. The van der Waals surface area contributed by atoms with Gasteiger partial charge < -0.3 is 10.6 Å². The Morgan fingerprint density at radius 3 is 2.08 bits per heavy atom. The summed E-state index contributed by atoms with van der Waals surface area (Å²) in [6.07, 6.45) is 0. The zero-order valence-corrected chi connectivity index (χ0v) is 15.5. The van der Waals surface area contributed by atoms with E-state index in [0.29, 0.717) is 0 Å². The molecule has 2 aromatic carbocycles. The first kappa shape index (κ1) is 19.6. The van der Waals surface area contributed by atoms with E-state index < -0.39 is 5.82 Å². The maximum atomic E-state index is 13.6. The van der Waals surface area contributed by atoms with E-state index in [1.807, 2.05) is 32.9 Å². The molecule has 0 heterocycles. The molecule has 2 N–H and O–H groups in total. The molecule has 5 nitrogen and oxygen atoms in total. The minimum absolute atomic E-state index is 0.0202. The van der Waals surface area contributed by atoms with Crippen LogP contribution in [0.4, 0.5) is 15.8 Å². The first-order chi connectivity index (χ1) is 12.3. The SMILES string of the molecule is Cc1cc(C)c(NC(=O)CN(C)CC(=O)Nc2ccccc2F)c(C)c1. The van der Waals surface area contributed by atoms with Crippen LogP contribution in [0.15, 0.2) is 36.4 Å². The van der Waals surface area contributed by atoms with E-state index in [1.165, 1.54) is 12.1 Å². The Hall–Kier alpha value is -2.73. The number of para-hydroxylation sites is 1. The van der Waals surface area contributed by atoms with Gasteiger partial charge in [-0.05, 0) is 51.1 Å². The Morgan fingerprint density at radius 2 is 1.50 bits per heavy atom. The van der Waals surface area contributed by atoms with Gasteiger partial charge in [0.1, 0.15) is 5.82 Å². The highest BCUT2D eigenvalue weighted by Crippen LogP contribution is 2.21. The minimum atomic E-state index is -0.494. The molecular formula is C20H24FN3O2. The standard InChI is InChI=1S/C20H24FN3O2/c1-13-9-14(2)20(15(3)10-13)23-19(26)12-24(4)11-18(25)22-17-8-6-5-7-16(17)21/h5-10H,11-12H2,1-4H3,(H,22,25)(H,23,26). The van der Waals surface area contributed by atoms with Gasteiger partial charge in [-0.15, -0.1) is 0 Å². The Labute approximate surface area is 153 Å². The average Bonchev–Trinajstić information content (AvgIpc) is 2.52. The Morgan fingerprint density at radius 1 is 0.962 bits per heavy atom. The van der Waals surface area contributed by atoms with Gasteiger partial charge in [0.15, 0.2) is 0 Å². The summed E-state index contributed by atoms with van der Waals surface area (Å²) in [4.78, 5) is 25.8. The van der Waals surface area contributed by atoms with Crippen molar-refractivity contribution in [2.75, 3.05) is 30.8 Å². The number of rotatable bonds is 6. The highest BCUT2D eigenvalue weighted by molar-refractivity contribution is 5.95. The van der Waals surface area contributed by atoms with Crippen LogP contribution in [0.1, 0.15) is 16.7 Å². The van der Waals surface area contributed by atoms with E-state index in [1.54, 1.807) is 24.1 Å². The lowest BCUT2D eigenvalue weighted by atomic mass is 10.1. The molecule has 0 saturated carbocycles. The van der Waals surface area contributed by atoms with Crippen molar-refractivity contribution in [1.29, 1.82) is 0 Å². The lowest BCUT2D eigenvalue weighted by molar-refractivity contribution is -0.119. The second-order valence-electron chi connectivity index (χ2n) is 6.52. The van der Waals surface area contributed by atoms with Crippen LogP contribution >= 0.6 is 0 Å². The summed E-state index contributed by atoms with van der Waals surface area (Å²) >= 11 is 0. The molecule has 2 aromatic rings. The average molecular weight is 357 g/mol. The number of anilines is 2. The molecule has 0 aliphatic rings. The van der Waals surface area contributed by atoms with Gasteiger partial charge in [0, 0.05) is 5.69 Å². The van der Waals surface area contributed by atoms with Crippen molar-refractivity contribution in [3.05, 3.63) is 58.9 Å². The van der Waals surface area contributed by atoms with Crippen LogP contribution in [0.3, 0.4) is 0 Å². The van der Waals surface area contributed by atoms with E-state index in [4.69, 9.17) is 0 Å². The van der Waals surface area contributed by atoms with Gasteiger partial charge >= 0.3 is 0 Å². The molecule has 0 fully saturated rings. The van der Waals surface area contributed by atoms with E-state index in [2.05, 4.69) is 10.6 Å². The van der Waals surface area contributed by atoms with Crippen molar-refractivity contribution in [1.82, 2.24) is 4.90 Å². The number of amides is 2. The lowest BCUT2D eigenvalue weighted by Crippen LogP contribution is -2.36. The first-order valence-corrected chi connectivity index (χ1v) is 8.37. The van der Waals surface area contributed by atoms with E-state index in [-0.39, 0.29) is 30.6 Å². The minimum Gasteiger partial charge on any atom is -0.324 e. The third-order valence-electron chi connectivity index (χ3n) is 3.92. The molecule has 0 aromatic heterocycles. The van der Waals surface area contributed by atoms with Gasteiger partial charge in [-0.25, -0.2) is 4.39 Å². The van der Waals surface area contributed by atoms with Gasteiger partial charge in [-0.3, -0.25) is 14.5 Å². The molecule has 0 aliphatic carbocycles. The number of carbonyl (C=O) groups is 2. The summed E-state index contributed by atoms with van der Waals surface area (Å²) in [5.74, 6) is -1.08. The fourth-order valence-corrected chi connectivity index (χ4v) is 2.85. The van der Waals surface area contributed by atoms with Gasteiger partial charge in [-0.2, -0.15) is 0 Å². The van der Waals surface area contributed by atoms with Crippen molar-refractivity contribution in [3.8, 4) is 0 Å². The van der Waals surface area contributed by atoms with Gasteiger partial charge in [0.05, 0.1) is 18.8 Å². The van der Waals surface area contributed by atoms with Crippen molar-refractivity contribution >= 4 is 23.2 Å². The number of hydrogen-bond donors (Lipinski definition) is 2. The van der Waals surface area contributed by atoms with E-state index >= 15 is 0 Å². The Bertz CT molecular complexity index is 797. The van der Waals surface area contributed by atoms with Crippen LogP contribution in [0.2, 0.25) is 0 Å². The van der Waals surface area contributed by atoms with Crippen molar-refractivity contribution < 1.29 is 14.0 Å². The van der Waals surface area contributed by atoms with E-state index in [0.717, 1.165) is 22.4 Å². The zero-order valence-electron chi connectivity index (χ0n) is 15.5. The number of benzene rings is 2. The summed E-state index contributed by atoms with van der Waals surface area (Å²) in [6, 6.07) is 9.98. The summed E-state index contributed by atoms with van der Waals surface area (Å²) in [7, 11) is 1.66. The summed E-state index contributed by atoms with van der Waals surface area (Å²) in [5.41, 5.74) is 4.05. The predicted octanol–water partition coefficient (Wildman–Crippen LogP) is 3.26. The number of nitrogens with zero attached hydrogens (tertiary/aromatic N) is 1. The van der Waals surface area contributed by atoms with Crippen molar-refractivity contribution in [3.63, 3.8) is 0 Å². The molecule has 2 rings (SSSR count). The molecule has 26 heavy (non-hydrogen) atoms. The quantitative estimate of drug-likeness (QED) is 0.834. The maximum Gasteiger partial charge on any atom is 0.238 e. The van der Waals surface area contributed by atoms with Gasteiger partial charge in [-0.1, -0.05) is 29.8 Å². The molecular weight excluding hydrogens is 333 g/mol. The highest BCUT2D eigenvalue weighted by Gasteiger charge is 2.14. The third kappa shape index (κ3) is 5.39. The number of nitrogens with one attached hydrogen (secondary N) is 2. The van der Waals surface area contributed by atoms with Crippen molar-refractivity contribution in [2.45, 2.75) is 20.8 Å². The normalized spacial score (nSPS) is 10.7. The summed E-state index contributed by atoms with van der Waals surface area (Å²) < 4.78 is 13.6. The molecule has 0 aliphatic heterocycles. The van der Waals surface area contributed by atoms with Crippen molar-refractivity contribution in [2.24, 2.45) is 0 Å². The molecule has 0 radical (unpaired) electrons. The summed E-state index contributed by atoms with van der Waals surface area (Å²) in [6.45, 7) is 5.93. The molecule has 0 spiro atoms. The number of aryl methyl sites for hydroxylation is 3. The monoisotopic (exact) mass is 357 g/mol. The number of carbonyl (C=O) groups excluding carboxylic acids is 2. The molecule has 2 amide bonds. The zero-order chi connectivity index (χ0) is 19.3. The molecule has 6 heteroatoms. The second-order valence-corrected chi connectivity index (χ2v) is 6.52. The fraction of sp³-hybridized carbons (Fsp3) is 0.300. The predicted molar refractivity (Wildman–Crippen MR) is 102 cm³/mol. The molecule has 0 atom stereocenters.